The SMILES string of the molecule is O=C1CCCc2occ(C(=O)NC3CC4(C3)CC(OCc3ccccc3)C4)c2N1. The molecular formula is C23H26N2O4. The maximum absolute atomic E-state index is 12.7. The lowest BCUT2D eigenvalue weighted by Gasteiger charge is -2.57. The second kappa shape index (κ2) is 7.34. The van der Waals surface area contributed by atoms with Crippen LogP contribution in [-0.4, -0.2) is 24.0 Å². The number of furan rings is 1. The van der Waals surface area contributed by atoms with E-state index in [1.165, 1.54) is 11.8 Å². The van der Waals surface area contributed by atoms with Crippen LogP contribution in [0.1, 0.15) is 60.2 Å². The predicted molar refractivity (Wildman–Crippen MR) is 107 cm³/mol. The van der Waals surface area contributed by atoms with E-state index in [9.17, 15) is 9.59 Å². The van der Waals surface area contributed by atoms with E-state index < -0.39 is 0 Å². The van der Waals surface area contributed by atoms with Gasteiger partial charge in [-0.2, -0.15) is 0 Å². The quantitative estimate of drug-likeness (QED) is 0.808. The normalized spacial score (nSPS) is 27.9. The van der Waals surface area contributed by atoms with Crippen molar-refractivity contribution in [3.8, 4) is 0 Å². The van der Waals surface area contributed by atoms with E-state index in [1.54, 1.807) is 0 Å². The maximum atomic E-state index is 12.7. The molecule has 0 atom stereocenters. The minimum Gasteiger partial charge on any atom is -0.466 e. The highest BCUT2D eigenvalue weighted by atomic mass is 16.5. The Balaban J connectivity index is 1.09. The number of aryl methyl sites for hydroxylation is 1. The Kier molecular flexibility index (Phi) is 4.66. The number of benzene rings is 1. The number of nitrogens with one attached hydrogen (secondary N) is 2. The summed E-state index contributed by atoms with van der Waals surface area (Å²) in [6.07, 6.45) is 7.82. The first-order valence-electron chi connectivity index (χ1n) is 10.5. The van der Waals surface area contributed by atoms with Gasteiger partial charge in [0.15, 0.2) is 0 Å². The molecule has 0 unspecified atom stereocenters. The molecule has 2 aromatic rings. The first-order valence-corrected chi connectivity index (χ1v) is 10.5. The van der Waals surface area contributed by atoms with E-state index >= 15 is 0 Å². The molecule has 2 saturated carbocycles. The number of hydrogen-bond donors (Lipinski definition) is 2. The Labute approximate surface area is 170 Å². The number of anilines is 1. The van der Waals surface area contributed by atoms with E-state index in [4.69, 9.17) is 9.15 Å². The van der Waals surface area contributed by atoms with Gasteiger partial charge in [-0.25, -0.2) is 0 Å². The Bertz CT molecular complexity index is 906. The number of carbonyl (C=O) groups excluding carboxylic acids is 2. The van der Waals surface area contributed by atoms with Crippen molar-refractivity contribution in [2.24, 2.45) is 5.41 Å². The lowest BCUT2D eigenvalue weighted by atomic mass is 9.53. The average Bonchev–Trinajstić information content (AvgIpc) is 2.95. The van der Waals surface area contributed by atoms with Crippen LogP contribution in [0.5, 0.6) is 0 Å². The lowest BCUT2D eigenvalue weighted by Crippen LogP contribution is -2.58. The number of rotatable bonds is 5. The molecule has 3 aliphatic rings. The highest BCUT2D eigenvalue weighted by Crippen LogP contribution is 2.57. The van der Waals surface area contributed by atoms with Crippen LogP contribution in [0.2, 0.25) is 0 Å². The monoisotopic (exact) mass is 394 g/mol. The molecule has 6 nitrogen and oxygen atoms in total. The molecule has 0 radical (unpaired) electrons. The minimum absolute atomic E-state index is 0.0576. The van der Waals surface area contributed by atoms with Gasteiger partial charge in [0.25, 0.3) is 5.91 Å². The van der Waals surface area contributed by atoms with Gasteiger partial charge in [0, 0.05) is 18.9 Å². The van der Waals surface area contributed by atoms with Crippen LogP contribution >= 0.6 is 0 Å². The highest BCUT2D eigenvalue weighted by Gasteiger charge is 2.53. The third kappa shape index (κ3) is 3.69. The predicted octanol–water partition coefficient (Wildman–Crippen LogP) is 3.81. The molecule has 2 N–H and O–H groups in total. The summed E-state index contributed by atoms with van der Waals surface area (Å²) < 4.78 is 11.5. The molecule has 5 rings (SSSR count). The van der Waals surface area contributed by atoms with Crippen LogP contribution in [0.4, 0.5) is 5.69 Å². The summed E-state index contributed by atoms with van der Waals surface area (Å²) in [5, 5.41) is 5.93. The molecule has 1 aliphatic heterocycles. The maximum Gasteiger partial charge on any atom is 0.256 e. The second-order valence-corrected chi connectivity index (χ2v) is 8.75. The second-order valence-electron chi connectivity index (χ2n) is 8.75. The molecule has 1 aromatic heterocycles. The molecule has 2 amide bonds. The summed E-state index contributed by atoms with van der Waals surface area (Å²) in [6, 6.07) is 10.4. The zero-order valence-corrected chi connectivity index (χ0v) is 16.4. The molecule has 1 aromatic carbocycles. The zero-order valence-electron chi connectivity index (χ0n) is 16.4. The summed E-state index contributed by atoms with van der Waals surface area (Å²) in [7, 11) is 0. The summed E-state index contributed by atoms with van der Waals surface area (Å²) in [4.78, 5) is 24.5. The third-order valence-corrected chi connectivity index (χ3v) is 6.53. The molecule has 0 bridgehead atoms. The first-order chi connectivity index (χ1) is 14.1. The average molecular weight is 394 g/mol. The minimum atomic E-state index is -0.159. The number of amides is 2. The van der Waals surface area contributed by atoms with Crippen molar-refractivity contribution in [3.63, 3.8) is 0 Å². The van der Waals surface area contributed by atoms with Gasteiger partial charge in [0.1, 0.15) is 17.6 Å². The molecule has 2 fully saturated rings. The van der Waals surface area contributed by atoms with Gasteiger partial charge >= 0.3 is 0 Å². The van der Waals surface area contributed by atoms with Crippen LogP contribution in [0, 0.1) is 5.41 Å². The Hall–Kier alpha value is -2.60. The van der Waals surface area contributed by atoms with Crippen LogP contribution in [-0.2, 0) is 22.6 Å². The van der Waals surface area contributed by atoms with Gasteiger partial charge in [0.2, 0.25) is 5.91 Å². The standard InChI is InChI=1S/C23H26N2O4/c26-20-8-4-7-19-21(25-20)18(14-29-19)22(27)24-16-9-23(10-16)11-17(12-23)28-13-15-5-2-1-3-6-15/h1-3,5-6,14,16-17H,4,7-13H2,(H,24,27)(H,25,26). The lowest BCUT2D eigenvalue weighted by molar-refractivity contribution is -0.132. The smallest absolute Gasteiger partial charge is 0.256 e. The fourth-order valence-corrected chi connectivity index (χ4v) is 4.99. The molecule has 29 heavy (non-hydrogen) atoms. The number of ether oxygens (including phenoxy) is 1. The van der Waals surface area contributed by atoms with Gasteiger partial charge in [-0.1, -0.05) is 30.3 Å². The molecule has 152 valence electrons. The third-order valence-electron chi connectivity index (χ3n) is 6.53. The molecule has 2 aliphatic carbocycles. The van der Waals surface area contributed by atoms with Crippen LogP contribution < -0.4 is 10.6 Å². The van der Waals surface area contributed by atoms with Crippen LogP contribution in [0.25, 0.3) is 0 Å². The number of hydrogen-bond acceptors (Lipinski definition) is 4. The van der Waals surface area contributed by atoms with Gasteiger partial charge in [-0.05, 0) is 43.1 Å². The van der Waals surface area contributed by atoms with Crippen molar-refractivity contribution in [3.05, 3.63) is 53.5 Å². The van der Waals surface area contributed by atoms with Crippen molar-refractivity contribution in [1.82, 2.24) is 5.32 Å². The van der Waals surface area contributed by atoms with Gasteiger partial charge in [-0.15, -0.1) is 0 Å². The molecule has 1 spiro atoms. The van der Waals surface area contributed by atoms with Crippen molar-refractivity contribution < 1.29 is 18.7 Å². The van der Waals surface area contributed by atoms with E-state index in [0.717, 1.165) is 32.1 Å². The molecule has 0 saturated heterocycles. The van der Waals surface area contributed by atoms with Crippen molar-refractivity contribution >= 4 is 17.5 Å². The van der Waals surface area contributed by atoms with E-state index in [-0.39, 0.29) is 17.9 Å². The number of fused-ring (bicyclic) bond motifs is 1. The fourth-order valence-electron chi connectivity index (χ4n) is 4.99. The Morgan fingerprint density at radius 3 is 2.76 bits per heavy atom. The topological polar surface area (TPSA) is 80.6 Å². The molecule has 6 heteroatoms. The van der Waals surface area contributed by atoms with Gasteiger partial charge in [0.05, 0.1) is 18.4 Å². The highest BCUT2D eigenvalue weighted by molar-refractivity contribution is 6.04. The summed E-state index contributed by atoms with van der Waals surface area (Å²) in [5.41, 5.74) is 2.53. The van der Waals surface area contributed by atoms with Gasteiger partial charge < -0.3 is 19.8 Å². The summed E-state index contributed by atoms with van der Waals surface area (Å²) in [5.74, 6) is 0.481. The fraction of sp³-hybridized carbons (Fsp3) is 0.478. The van der Waals surface area contributed by atoms with Gasteiger partial charge in [-0.3, -0.25) is 9.59 Å². The van der Waals surface area contributed by atoms with Crippen LogP contribution in [0.15, 0.2) is 41.0 Å². The van der Waals surface area contributed by atoms with E-state index in [2.05, 4.69) is 22.8 Å². The van der Waals surface area contributed by atoms with E-state index in [1.807, 2.05) is 18.2 Å². The molecular weight excluding hydrogens is 368 g/mol. The number of carbonyl (C=O) groups is 2. The van der Waals surface area contributed by atoms with E-state index in [0.29, 0.717) is 48.0 Å². The summed E-state index contributed by atoms with van der Waals surface area (Å²) in [6.45, 7) is 0.666. The largest absolute Gasteiger partial charge is 0.466 e. The van der Waals surface area contributed by atoms with Crippen molar-refractivity contribution in [2.45, 2.75) is 63.7 Å². The molecule has 2 heterocycles. The van der Waals surface area contributed by atoms with Crippen LogP contribution in [0.3, 0.4) is 0 Å². The van der Waals surface area contributed by atoms with Crippen molar-refractivity contribution in [1.29, 1.82) is 0 Å². The zero-order chi connectivity index (χ0) is 19.8. The Morgan fingerprint density at radius 2 is 1.97 bits per heavy atom. The first kappa shape index (κ1) is 18.4. The van der Waals surface area contributed by atoms with Crippen molar-refractivity contribution in [2.75, 3.05) is 5.32 Å². The Morgan fingerprint density at radius 1 is 1.17 bits per heavy atom. The summed E-state index contributed by atoms with van der Waals surface area (Å²) >= 11 is 0.